The highest BCUT2D eigenvalue weighted by Crippen LogP contribution is 2.28. The number of ether oxygens (including phenoxy) is 1. The summed E-state index contributed by atoms with van der Waals surface area (Å²) >= 11 is 0. The lowest BCUT2D eigenvalue weighted by molar-refractivity contribution is -0.148. The molecule has 3 rings (SSSR count). The SMILES string of the molecule is O=C(NCC(=O)N1CCO[C@@H]2CCCC[C@@H]21)c1ccccc1. The predicted molar refractivity (Wildman–Crippen MR) is 82.5 cm³/mol. The van der Waals surface area contributed by atoms with Crippen molar-refractivity contribution in [2.75, 3.05) is 19.7 Å². The molecule has 2 atom stereocenters. The number of amides is 2. The third kappa shape index (κ3) is 3.30. The number of benzene rings is 1. The van der Waals surface area contributed by atoms with Crippen LogP contribution in [0.3, 0.4) is 0 Å². The summed E-state index contributed by atoms with van der Waals surface area (Å²) in [5.41, 5.74) is 0.577. The Bertz CT molecular complexity index is 530. The molecule has 1 saturated carbocycles. The Kier molecular flexibility index (Phi) is 4.73. The summed E-state index contributed by atoms with van der Waals surface area (Å²) in [6, 6.07) is 9.15. The molecule has 1 aliphatic carbocycles. The number of carbonyl (C=O) groups excluding carboxylic acids is 2. The van der Waals surface area contributed by atoms with Crippen LogP contribution < -0.4 is 5.32 Å². The maximum absolute atomic E-state index is 12.4. The van der Waals surface area contributed by atoms with E-state index in [-0.39, 0.29) is 30.5 Å². The summed E-state index contributed by atoms with van der Waals surface area (Å²) in [4.78, 5) is 26.4. The van der Waals surface area contributed by atoms with E-state index in [4.69, 9.17) is 4.74 Å². The van der Waals surface area contributed by atoms with Crippen molar-refractivity contribution in [2.24, 2.45) is 0 Å². The zero-order valence-electron chi connectivity index (χ0n) is 12.7. The monoisotopic (exact) mass is 302 g/mol. The molecule has 1 saturated heterocycles. The third-order valence-electron chi connectivity index (χ3n) is 4.49. The van der Waals surface area contributed by atoms with Crippen molar-refractivity contribution < 1.29 is 14.3 Å². The molecule has 0 radical (unpaired) electrons. The van der Waals surface area contributed by atoms with Gasteiger partial charge >= 0.3 is 0 Å². The standard InChI is InChI=1S/C17H22N2O3/c20-16(12-18-17(21)13-6-2-1-3-7-13)19-10-11-22-15-9-5-4-8-14(15)19/h1-3,6-7,14-15H,4-5,8-12H2,(H,18,21)/t14-,15+/m0/s1. The number of fused-ring (bicyclic) bond motifs is 1. The van der Waals surface area contributed by atoms with E-state index in [9.17, 15) is 9.59 Å². The molecule has 2 fully saturated rings. The number of nitrogens with zero attached hydrogens (tertiary/aromatic N) is 1. The third-order valence-corrected chi connectivity index (χ3v) is 4.49. The number of morpholine rings is 1. The molecule has 1 aromatic carbocycles. The summed E-state index contributed by atoms with van der Waals surface area (Å²) in [5.74, 6) is -0.216. The molecule has 22 heavy (non-hydrogen) atoms. The average Bonchev–Trinajstić information content (AvgIpc) is 2.59. The summed E-state index contributed by atoms with van der Waals surface area (Å²) < 4.78 is 5.78. The number of nitrogens with one attached hydrogen (secondary N) is 1. The normalized spacial score (nSPS) is 24.5. The van der Waals surface area contributed by atoms with Gasteiger partial charge in [0.15, 0.2) is 0 Å². The van der Waals surface area contributed by atoms with Crippen molar-refractivity contribution in [2.45, 2.75) is 37.8 Å². The molecule has 0 unspecified atom stereocenters. The Balaban J connectivity index is 1.56. The Morgan fingerprint density at radius 3 is 2.77 bits per heavy atom. The van der Waals surface area contributed by atoms with Gasteiger partial charge in [-0.05, 0) is 25.0 Å². The fourth-order valence-electron chi connectivity index (χ4n) is 3.36. The molecule has 0 spiro atoms. The van der Waals surface area contributed by atoms with Crippen LogP contribution in [-0.2, 0) is 9.53 Å². The average molecular weight is 302 g/mol. The lowest BCUT2D eigenvalue weighted by Gasteiger charge is -2.43. The lowest BCUT2D eigenvalue weighted by atomic mass is 9.90. The fraction of sp³-hybridized carbons (Fsp3) is 0.529. The first-order chi connectivity index (χ1) is 10.8. The van der Waals surface area contributed by atoms with E-state index in [0.29, 0.717) is 18.7 Å². The molecule has 2 amide bonds. The quantitative estimate of drug-likeness (QED) is 0.922. The van der Waals surface area contributed by atoms with E-state index in [1.54, 1.807) is 12.1 Å². The van der Waals surface area contributed by atoms with Crippen LogP contribution in [0.15, 0.2) is 30.3 Å². The van der Waals surface area contributed by atoms with Gasteiger partial charge in [0, 0.05) is 12.1 Å². The first kappa shape index (κ1) is 15.0. The van der Waals surface area contributed by atoms with Gasteiger partial charge in [-0.25, -0.2) is 0 Å². The fourth-order valence-corrected chi connectivity index (χ4v) is 3.36. The van der Waals surface area contributed by atoms with Crippen LogP contribution in [0.25, 0.3) is 0 Å². The summed E-state index contributed by atoms with van der Waals surface area (Å²) in [6.45, 7) is 1.28. The number of hydrogen-bond donors (Lipinski definition) is 1. The van der Waals surface area contributed by atoms with Crippen LogP contribution in [0.1, 0.15) is 36.0 Å². The topological polar surface area (TPSA) is 58.6 Å². The van der Waals surface area contributed by atoms with Crippen LogP contribution in [0, 0.1) is 0 Å². The zero-order chi connectivity index (χ0) is 15.4. The first-order valence-corrected chi connectivity index (χ1v) is 8.00. The number of hydrogen-bond acceptors (Lipinski definition) is 3. The summed E-state index contributed by atoms with van der Waals surface area (Å²) in [6.07, 6.45) is 4.53. The molecule has 5 nitrogen and oxygen atoms in total. The molecule has 1 N–H and O–H groups in total. The van der Waals surface area contributed by atoms with Gasteiger partial charge in [0.1, 0.15) is 0 Å². The molecule has 1 aromatic rings. The minimum Gasteiger partial charge on any atom is -0.374 e. The smallest absolute Gasteiger partial charge is 0.251 e. The second-order valence-electron chi connectivity index (χ2n) is 5.90. The van der Waals surface area contributed by atoms with Gasteiger partial charge in [0.25, 0.3) is 5.91 Å². The van der Waals surface area contributed by atoms with Gasteiger partial charge in [0.05, 0.1) is 25.3 Å². The summed E-state index contributed by atoms with van der Waals surface area (Å²) in [7, 11) is 0. The van der Waals surface area contributed by atoms with E-state index in [1.807, 2.05) is 23.1 Å². The van der Waals surface area contributed by atoms with Crippen LogP contribution in [0.4, 0.5) is 0 Å². The van der Waals surface area contributed by atoms with Crippen molar-refractivity contribution in [3.05, 3.63) is 35.9 Å². The van der Waals surface area contributed by atoms with E-state index in [2.05, 4.69) is 5.32 Å². The second kappa shape index (κ2) is 6.92. The molecule has 5 heteroatoms. The van der Waals surface area contributed by atoms with Crippen molar-refractivity contribution in [3.8, 4) is 0 Å². The van der Waals surface area contributed by atoms with E-state index in [1.165, 1.54) is 6.42 Å². The van der Waals surface area contributed by atoms with Crippen molar-refractivity contribution in [3.63, 3.8) is 0 Å². The molecular weight excluding hydrogens is 280 g/mol. The van der Waals surface area contributed by atoms with Gasteiger partial charge in [0.2, 0.25) is 5.91 Å². The molecular formula is C17H22N2O3. The van der Waals surface area contributed by atoms with E-state index < -0.39 is 0 Å². The minimum atomic E-state index is -0.206. The second-order valence-corrected chi connectivity index (χ2v) is 5.90. The maximum Gasteiger partial charge on any atom is 0.251 e. The Morgan fingerprint density at radius 1 is 1.18 bits per heavy atom. The molecule has 2 aliphatic rings. The van der Waals surface area contributed by atoms with E-state index in [0.717, 1.165) is 19.3 Å². The van der Waals surface area contributed by atoms with Crippen molar-refractivity contribution in [1.29, 1.82) is 0 Å². The van der Waals surface area contributed by atoms with Crippen molar-refractivity contribution in [1.82, 2.24) is 10.2 Å². The van der Waals surface area contributed by atoms with Crippen LogP contribution >= 0.6 is 0 Å². The molecule has 0 aromatic heterocycles. The highest BCUT2D eigenvalue weighted by molar-refractivity contribution is 5.96. The summed E-state index contributed by atoms with van der Waals surface area (Å²) in [5, 5.41) is 2.72. The minimum absolute atomic E-state index is 0.00974. The van der Waals surface area contributed by atoms with Crippen LogP contribution in [0.5, 0.6) is 0 Å². The van der Waals surface area contributed by atoms with Gasteiger partial charge in [-0.3, -0.25) is 9.59 Å². The highest BCUT2D eigenvalue weighted by atomic mass is 16.5. The number of rotatable bonds is 3. The van der Waals surface area contributed by atoms with E-state index >= 15 is 0 Å². The molecule has 1 aliphatic heterocycles. The van der Waals surface area contributed by atoms with Gasteiger partial charge in [-0.2, -0.15) is 0 Å². The van der Waals surface area contributed by atoms with Crippen molar-refractivity contribution >= 4 is 11.8 Å². The van der Waals surface area contributed by atoms with Gasteiger partial charge < -0.3 is 15.0 Å². The Labute approximate surface area is 130 Å². The zero-order valence-corrected chi connectivity index (χ0v) is 12.7. The maximum atomic E-state index is 12.4. The molecule has 1 heterocycles. The Hall–Kier alpha value is -1.88. The predicted octanol–water partition coefficient (Wildman–Crippen LogP) is 1.59. The largest absolute Gasteiger partial charge is 0.374 e. The van der Waals surface area contributed by atoms with Crippen LogP contribution in [-0.4, -0.2) is 48.6 Å². The molecule has 0 bridgehead atoms. The van der Waals surface area contributed by atoms with Gasteiger partial charge in [-0.15, -0.1) is 0 Å². The Morgan fingerprint density at radius 2 is 1.95 bits per heavy atom. The highest BCUT2D eigenvalue weighted by Gasteiger charge is 2.36. The first-order valence-electron chi connectivity index (χ1n) is 8.00. The van der Waals surface area contributed by atoms with Crippen LogP contribution in [0.2, 0.25) is 0 Å². The molecule has 118 valence electrons. The van der Waals surface area contributed by atoms with Gasteiger partial charge in [-0.1, -0.05) is 31.0 Å². The number of carbonyl (C=O) groups is 2. The lowest BCUT2D eigenvalue weighted by Crippen LogP contribution is -2.56.